The Morgan fingerprint density at radius 3 is 2.82 bits per heavy atom. The van der Waals surface area contributed by atoms with E-state index >= 15 is 0 Å². The topological polar surface area (TPSA) is 84.9 Å². The van der Waals surface area contributed by atoms with E-state index in [9.17, 15) is 14.4 Å². The molecule has 0 aliphatic carbocycles. The Balaban J connectivity index is 1.57. The summed E-state index contributed by atoms with van der Waals surface area (Å²) in [6.45, 7) is 1.98. The van der Waals surface area contributed by atoms with Crippen LogP contribution in [0.1, 0.15) is 28.1 Å². The number of anilines is 1. The van der Waals surface area contributed by atoms with Crippen LogP contribution in [0, 0.1) is 6.92 Å². The molecule has 7 nitrogen and oxygen atoms in total. The highest BCUT2D eigenvalue weighted by molar-refractivity contribution is 7.12. The Labute approximate surface area is 167 Å². The number of amides is 2. The summed E-state index contributed by atoms with van der Waals surface area (Å²) in [5.74, 6) is -0.683. The highest BCUT2D eigenvalue weighted by atomic mass is 32.1. The molecule has 1 aromatic heterocycles. The third-order valence-electron chi connectivity index (χ3n) is 4.49. The van der Waals surface area contributed by atoms with Crippen molar-refractivity contribution in [2.24, 2.45) is 0 Å². The van der Waals surface area contributed by atoms with Crippen molar-refractivity contribution in [3.05, 3.63) is 46.2 Å². The number of nitrogens with one attached hydrogen (secondary N) is 1. The number of likely N-dealkylation sites (tertiary alicyclic amines) is 1. The molecular weight excluding hydrogens is 380 g/mol. The molecule has 0 unspecified atom stereocenters. The highest BCUT2D eigenvalue weighted by Gasteiger charge is 2.36. The van der Waals surface area contributed by atoms with E-state index in [0.717, 1.165) is 12.0 Å². The first-order valence-corrected chi connectivity index (χ1v) is 9.83. The summed E-state index contributed by atoms with van der Waals surface area (Å²) in [4.78, 5) is 39.3. The Kier molecular flexibility index (Phi) is 6.30. The maximum atomic E-state index is 12.5. The van der Waals surface area contributed by atoms with Crippen LogP contribution in [0.3, 0.4) is 0 Å². The zero-order chi connectivity index (χ0) is 20.1. The van der Waals surface area contributed by atoms with Crippen molar-refractivity contribution in [3.8, 4) is 5.75 Å². The summed E-state index contributed by atoms with van der Waals surface area (Å²) in [6.07, 6.45) is 1.26. The van der Waals surface area contributed by atoms with Gasteiger partial charge in [0, 0.05) is 6.54 Å². The van der Waals surface area contributed by atoms with Gasteiger partial charge in [0.1, 0.15) is 11.8 Å². The van der Waals surface area contributed by atoms with Gasteiger partial charge in [0.2, 0.25) is 0 Å². The lowest BCUT2D eigenvalue weighted by Crippen LogP contribution is -2.41. The van der Waals surface area contributed by atoms with Crippen LogP contribution in [0.4, 0.5) is 5.69 Å². The second-order valence-corrected chi connectivity index (χ2v) is 7.44. The van der Waals surface area contributed by atoms with Crippen LogP contribution in [0.25, 0.3) is 0 Å². The Bertz CT molecular complexity index is 865. The van der Waals surface area contributed by atoms with Crippen molar-refractivity contribution in [2.45, 2.75) is 25.8 Å². The molecular formula is C20H22N2O5S. The molecule has 0 radical (unpaired) electrons. The van der Waals surface area contributed by atoms with E-state index in [1.165, 1.54) is 23.3 Å². The molecule has 1 fully saturated rings. The van der Waals surface area contributed by atoms with Crippen LogP contribution in [0.2, 0.25) is 0 Å². The van der Waals surface area contributed by atoms with Gasteiger partial charge in [0.15, 0.2) is 6.61 Å². The second kappa shape index (κ2) is 8.88. The van der Waals surface area contributed by atoms with Gasteiger partial charge >= 0.3 is 5.97 Å². The summed E-state index contributed by atoms with van der Waals surface area (Å²) in [7, 11) is 1.51. The van der Waals surface area contributed by atoms with Crippen molar-refractivity contribution < 1.29 is 23.9 Å². The molecule has 0 saturated carbocycles. The predicted molar refractivity (Wildman–Crippen MR) is 106 cm³/mol. The molecule has 8 heteroatoms. The van der Waals surface area contributed by atoms with Gasteiger partial charge < -0.3 is 19.7 Å². The fourth-order valence-corrected chi connectivity index (χ4v) is 3.81. The normalized spacial score (nSPS) is 15.9. The maximum Gasteiger partial charge on any atom is 0.329 e. The standard InChI is InChI=1S/C20H22N2O5S/c1-13-7-8-16(26-2)14(11-13)21-18(23)12-27-20(25)15-5-3-9-22(15)19(24)17-6-4-10-28-17/h4,6-8,10-11,15H,3,5,9,12H2,1-2H3,(H,21,23)/t15-/m0/s1. The van der Waals surface area contributed by atoms with Crippen molar-refractivity contribution in [3.63, 3.8) is 0 Å². The van der Waals surface area contributed by atoms with Gasteiger partial charge in [0.25, 0.3) is 11.8 Å². The molecule has 1 aromatic carbocycles. The minimum Gasteiger partial charge on any atom is -0.495 e. The number of hydrogen-bond acceptors (Lipinski definition) is 6. The lowest BCUT2D eigenvalue weighted by molar-refractivity contribution is -0.151. The summed E-state index contributed by atoms with van der Waals surface area (Å²) >= 11 is 1.34. The maximum absolute atomic E-state index is 12.5. The fourth-order valence-electron chi connectivity index (χ4n) is 3.14. The summed E-state index contributed by atoms with van der Waals surface area (Å²) in [6, 6.07) is 8.27. The zero-order valence-electron chi connectivity index (χ0n) is 15.8. The Hall–Kier alpha value is -2.87. The van der Waals surface area contributed by atoms with Gasteiger partial charge in [-0.2, -0.15) is 0 Å². The molecule has 2 aromatic rings. The summed E-state index contributed by atoms with van der Waals surface area (Å²) in [5, 5.41) is 4.50. The van der Waals surface area contributed by atoms with Gasteiger partial charge in [-0.05, 0) is 48.9 Å². The van der Waals surface area contributed by atoms with Crippen molar-refractivity contribution in [1.82, 2.24) is 4.90 Å². The van der Waals surface area contributed by atoms with Gasteiger partial charge in [-0.25, -0.2) is 4.79 Å². The molecule has 1 N–H and O–H groups in total. The molecule has 148 valence electrons. The molecule has 0 bridgehead atoms. The van der Waals surface area contributed by atoms with E-state index in [4.69, 9.17) is 9.47 Å². The SMILES string of the molecule is COc1ccc(C)cc1NC(=O)COC(=O)[C@@H]1CCCN1C(=O)c1cccs1. The van der Waals surface area contributed by atoms with Crippen molar-refractivity contribution >= 4 is 34.8 Å². The molecule has 28 heavy (non-hydrogen) atoms. The predicted octanol–water partition coefficient (Wildman–Crippen LogP) is 2.85. The molecule has 0 spiro atoms. The number of aryl methyl sites for hydroxylation is 1. The van der Waals surface area contributed by atoms with Crippen molar-refractivity contribution in [1.29, 1.82) is 0 Å². The first-order valence-electron chi connectivity index (χ1n) is 8.95. The number of nitrogens with zero attached hydrogens (tertiary/aromatic N) is 1. The minimum atomic E-state index is -0.657. The van der Waals surface area contributed by atoms with E-state index in [-0.39, 0.29) is 5.91 Å². The molecule has 1 aliphatic heterocycles. The van der Waals surface area contributed by atoms with E-state index in [1.807, 2.05) is 18.4 Å². The Morgan fingerprint density at radius 2 is 2.11 bits per heavy atom. The molecule has 1 aliphatic rings. The fraction of sp³-hybridized carbons (Fsp3) is 0.350. The second-order valence-electron chi connectivity index (χ2n) is 6.49. The average Bonchev–Trinajstić information content (AvgIpc) is 3.37. The van der Waals surface area contributed by atoms with Crippen LogP contribution in [-0.2, 0) is 14.3 Å². The smallest absolute Gasteiger partial charge is 0.329 e. The lowest BCUT2D eigenvalue weighted by Gasteiger charge is -2.22. The van der Waals surface area contributed by atoms with Gasteiger partial charge in [0.05, 0.1) is 17.7 Å². The first kappa shape index (κ1) is 19.9. The average molecular weight is 402 g/mol. The number of ether oxygens (including phenoxy) is 2. The molecule has 1 atom stereocenters. The quantitative estimate of drug-likeness (QED) is 0.751. The number of carbonyl (C=O) groups excluding carboxylic acids is 3. The number of esters is 1. The number of rotatable bonds is 6. The van der Waals surface area contributed by atoms with Crippen LogP contribution >= 0.6 is 11.3 Å². The molecule has 2 heterocycles. The number of thiophene rings is 1. The molecule has 1 saturated heterocycles. The number of methoxy groups -OCH3 is 1. The number of carbonyl (C=O) groups is 3. The molecule has 2 amide bonds. The number of hydrogen-bond donors (Lipinski definition) is 1. The Morgan fingerprint density at radius 1 is 1.29 bits per heavy atom. The van der Waals surface area contributed by atoms with E-state index in [2.05, 4.69) is 5.32 Å². The van der Waals surface area contributed by atoms with E-state index in [1.54, 1.807) is 24.3 Å². The third-order valence-corrected chi connectivity index (χ3v) is 5.35. The van der Waals surface area contributed by atoms with E-state index in [0.29, 0.717) is 29.3 Å². The van der Waals surface area contributed by atoms with Gasteiger partial charge in [-0.3, -0.25) is 9.59 Å². The van der Waals surface area contributed by atoms with Crippen LogP contribution in [0.15, 0.2) is 35.7 Å². The number of benzene rings is 1. The largest absolute Gasteiger partial charge is 0.495 e. The van der Waals surface area contributed by atoms with Crippen molar-refractivity contribution in [2.75, 3.05) is 25.6 Å². The first-order chi connectivity index (χ1) is 13.5. The van der Waals surface area contributed by atoms with Crippen LogP contribution in [-0.4, -0.2) is 49.0 Å². The monoisotopic (exact) mass is 402 g/mol. The minimum absolute atomic E-state index is 0.177. The van der Waals surface area contributed by atoms with Crippen LogP contribution < -0.4 is 10.1 Å². The lowest BCUT2D eigenvalue weighted by atomic mass is 10.2. The van der Waals surface area contributed by atoms with Crippen LogP contribution in [0.5, 0.6) is 5.75 Å². The van der Waals surface area contributed by atoms with Gasteiger partial charge in [-0.15, -0.1) is 11.3 Å². The summed E-state index contributed by atoms with van der Waals surface area (Å²) in [5.41, 5.74) is 1.47. The zero-order valence-corrected chi connectivity index (χ0v) is 16.6. The summed E-state index contributed by atoms with van der Waals surface area (Å²) < 4.78 is 10.4. The molecule has 3 rings (SSSR count). The highest BCUT2D eigenvalue weighted by Crippen LogP contribution is 2.25. The third kappa shape index (κ3) is 4.51. The van der Waals surface area contributed by atoms with Gasteiger partial charge in [-0.1, -0.05) is 12.1 Å². The van der Waals surface area contributed by atoms with E-state index < -0.39 is 24.5 Å².